The number of anilines is 1. The van der Waals surface area contributed by atoms with Crippen LogP contribution in [0.25, 0.3) is 16.7 Å². The van der Waals surface area contributed by atoms with E-state index >= 15 is 0 Å². The van der Waals surface area contributed by atoms with E-state index in [0.717, 1.165) is 21.9 Å². The zero-order valence-corrected chi connectivity index (χ0v) is 18.3. The van der Waals surface area contributed by atoms with E-state index in [1.165, 1.54) is 22.9 Å². The second-order valence-electron chi connectivity index (χ2n) is 7.58. The third-order valence-electron chi connectivity index (χ3n) is 4.63. The number of benzene rings is 1. The summed E-state index contributed by atoms with van der Waals surface area (Å²) >= 11 is 1.40. The van der Waals surface area contributed by atoms with Crippen LogP contribution in [0.15, 0.2) is 54.2 Å². The van der Waals surface area contributed by atoms with Crippen molar-refractivity contribution in [3.63, 3.8) is 0 Å². The number of aromatic nitrogens is 5. The maximum atomic E-state index is 12.5. The number of carbonyl (C=O) groups excluding carboxylic acids is 1. The van der Waals surface area contributed by atoms with Crippen LogP contribution in [0.2, 0.25) is 0 Å². The fourth-order valence-corrected chi connectivity index (χ4v) is 4.17. The van der Waals surface area contributed by atoms with Gasteiger partial charge in [-0.25, -0.2) is 14.6 Å². The van der Waals surface area contributed by atoms with Crippen LogP contribution in [0, 0.1) is 13.8 Å². The number of nitrogens with zero attached hydrogens (tertiary/aromatic N) is 5. The molecule has 154 valence electrons. The van der Waals surface area contributed by atoms with Crippen molar-refractivity contribution >= 4 is 34.4 Å². The van der Waals surface area contributed by atoms with Gasteiger partial charge in [0.05, 0.1) is 23.8 Å². The Morgan fingerprint density at radius 2 is 1.87 bits per heavy atom. The fraction of sp³-hybridized carbons (Fsp3) is 0.273. The van der Waals surface area contributed by atoms with E-state index in [1.807, 2.05) is 21.5 Å². The highest BCUT2D eigenvalue weighted by Gasteiger charge is 2.12. The maximum Gasteiger partial charge on any atom is 0.234 e. The standard InChI is InChI=1S/C22H24N6OS/c1-14(2)28-21-17(11-25-28)10-18(12-24-21)26-20(29)13-30-22-23-5-6-27(22)19-8-15(3)7-16(4)9-19/h5-12,14H,13H2,1-4H3,(H,26,29). The van der Waals surface area contributed by atoms with E-state index in [4.69, 9.17) is 0 Å². The van der Waals surface area contributed by atoms with Gasteiger partial charge in [-0.1, -0.05) is 17.8 Å². The average Bonchev–Trinajstić information content (AvgIpc) is 3.32. The second kappa shape index (κ2) is 8.31. The molecule has 3 heterocycles. The van der Waals surface area contributed by atoms with Crippen molar-refractivity contribution in [2.75, 3.05) is 11.1 Å². The number of amides is 1. The molecule has 7 nitrogen and oxygen atoms in total. The zero-order chi connectivity index (χ0) is 21.3. The maximum absolute atomic E-state index is 12.5. The molecule has 0 unspecified atom stereocenters. The third-order valence-corrected chi connectivity index (χ3v) is 5.60. The zero-order valence-electron chi connectivity index (χ0n) is 17.5. The predicted octanol–water partition coefficient (Wildman–Crippen LogP) is 4.55. The van der Waals surface area contributed by atoms with Crippen molar-refractivity contribution in [3.8, 4) is 5.69 Å². The molecule has 0 aliphatic rings. The van der Waals surface area contributed by atoms with Crippen molar-refractivity contribution < 1.29 is 4.79 Å². The molecule has 0 spiro atoms. The normalized spacial score (nSPS) is 11.4. The Hall–Kier alpha value is -3.13. The number of pyridine rings is 1. The lowest BCUT2D eigenvalue weighted by atomic mass is 10.1. The molecule has 4 aromatic rings. The number of hydrogen-bond acceptors (Lipinski definition) is 5. The first-order valence-corrected chi connectivity index (χ1v) is 10.8. The van der Waals surface area contributed by atoms with Crippen molar-refractivity contribution in [1.82, 2.24) is 24.3 Å². The first-order chi connectivity index (χ1) is 14.4. The molecule has 4 rings (SSSR count). The first-order valence-electron chi connectivity index (χ1n) is 9.78. The van der Waals surface area contributed by atoms with Gasteiger partial charge in [0.1, 0.15) is 0 Å². The van der Waals surface area contributed by atoms with Crippen LogP contribution in [0.5, 0.6) is 0 Å². The Morgan fingerprint density at radius 1 is 1.10 bits per heavy atom. The van der Waals surface area contributed by atoms with Gasteiger partial charge in [0.2, 0.25) is 5.91 Å². The molecule has 0 saturated carbocycles. The molecule has 0 saturated heterocycles. The Bertz CT molecular complexity index is 1190. The van der Waals surface area contributed by atoms with Gasteiger partial charge in [-0.3, -0.25) is 9.36 Å². The summed E-state index contributed by atoms with van der Waals surface area (Å²) in [6.45, 7) is 8.26. The lowest BCUT2D eigenvalue weighted by molar-refractivity contribution is -0.113. The summed E-state index contributed by atoms with van der Waals surface area (Å²) in [5.41, 5.74) is 4.90. The number of fused-ring (bicyclic) bond motifs is 1. The molecular formula is C22H24N6OS. The van der Waals surface area contributed by atoms with Gasteiger partial charge in [0.15, 0.2) is 10.8 Å². The van der Waals surface area contributed by atoms with E-state index in [9.17, 15) is 4.79 Å². The molecule has 1 amide bonds. The van der Waals surface area contributed by atoms with Crippen molar-refractivity contribution in [1.29, 1.82) is 0 Å². The number of aryl methyl sites for hydroxylation is 2. The van der Waals surface area contributed by atoms with E-state index in [2.05, 4.69) is 66.3 Å². The van der Waals surface area contributed by atoms with Crippen LogP contribution in [0.3, 0.4) is 0 Å². The fourth-order valence-electron chi connectivity index (χ4n) is 3.40. The highest BCUT2D eigenvalue weighted by atomic mass is 32.2. The number of thioether (sulfide) groups is 1. The molecule has 30 heavy (non-hydrogen) atoms. The first kappa shape index (κ1) is 20.2. The van der Waals surface area contributed by atoms with Gasteiger partial charge in [0, 0.05) is 29.5 Å². The monoisotopic (exact) mass is 420 g/mol. The minimum atomic E-state index is -0.104. The van der Waals surface area contributed by atoms with E-state index in [1.54, 1.807) is 18.6 Å². The average molecular weight is 421 g/mol. The summed E-state index contributed by atoms with van der Waals surface area (Å²) in [5.74, 6) is 0.151. The SMILES string of the molecule is Cc1cc(C)cc(-n2ccnc2SCC(=O)Nc2cnc3c(cnn3C(C)C)c2)c1. The summed E-state index contributed by atoms with van der Waals surface area (Å²) in [6, 6.07) is 8.48. The lowest BCUT2D eigenvalue weighted by Gasteiger charge is -2.10. The lowest BCUT2D eigenvalue weighted by Crippen LogP contribution is -2.14. The number of hydrogen-bond donors (Lipinski definition) is 1. The smallest absolute Gasteiger partial charge is 0.234 e. The van der Waals surface area contributed by atoms with Crippen LogP contribution in [0.1, 0.15) is 31.0 Å². The molecule has 8 heteroatoms. The third kappa shape index (κ3) is 4.23. The van der Waals surface area contributed by atoms with Crippen LogP contribution in [0.4, 0.5) is 5.69 Å². The predicted molar refractivity (Wildman–Crippen MR) is 120 cm³/mol. The quantitative estimate of drug-likeness (QED) is 0.463. The number of carbonyl (C=O) groups is 1. The minimum Gasteiger partial charge on any atom is -0.324 e. The molecule has 0 atom stereocenters. The van der Waals surface area contributed by atoms with Crippen molar-refractivity contribution in [2.24, 2.45) is 0 Å². The molecule has 0 fully saturated rings. The van der Waals surface area contributed by atoms with Crippen LogP contribution in [-0.2, 0) is 4.79 Å². The largest absolute Gasteiger partial charge is 0.324 e. The molecule has 0 bridgehead atoms. The van der Waals surface area contributed by atoms with Gasteiger partial charge < -0.3 is 5.32 Å². The van der Waals surface area contributed by atoms with E-state index in [0.29, 0.717) is 5.69 Å². The van der Waals surface area contributed by atoms with Crippen molar-refractivity contribution in [3.05, 3.63) is 60.2 Å². The highest BCUT2D eigenvalue weighted by molar-refractivity contribution is 7.99. The van der Waals surface area contributed by atoms with Gasteiger partial charge in [0.25, 0.3) is 0 Å². The van der Waals surface area contributed by atoms with Gasteiger partial charge in [-0.2, -0.15) is 5.10 Å². The topological polar surface area (TPSA) is 77.6 Å². The van der Waals surface area contributed by atoms with Crippen LogP contribution in [-0.4, -0.2) is 36.0 Å². The molecule has 0 aliphatic carbocycles. The van der Waals surface area contributed by atoms with Gasteiger partial charge in [-0.05, 0) is 57.0 Å². The molecular weight excluding hydrogens is 396 g/mol. The summed E-state index contributed by atoms with van der Waals surface area (Å²) < 4.78 is 3.87. The molecule has 0 radical (unpaired) electrons. The highest BCUT2D eigenvalue weighted by Crippen LogP contribution is 2.23. The molecule has 1 aromatic carbocycles. The van der Waals surface area contributed by atoms with E-state index in [-0.39, 0.29) is 17.7 Å². The van der Waals surface area contributed by atoms with Gasteiger partial charge in [-0.15, -0.1) is 0 Å². The number of nitrogens with one attached hydrogen (secondary N) is 1. The van der Waals surface area contributed by atoms with E-state index < -0.39 is 0 Å². The Labute approximate surface area is 179 Å². The number of imidazole rings is 1. The van der Waals surface area contributed by atoms with Crippen LogP contribution >= 0.6 is 11.8 Å². The summed E-state index contributed by atoms with van der Waals surface area (Å²) in [6.07, 6.45) is 7.11. The van der Waals surface area contributed by atoms with Crippen LogP contribution < -0.4 is 5.32 Å². The summed E-state index contributed by atoms with van der Waals surface area (Å²) in [5, 5.41) is 8.96. The molecule has 3 aromatic heterocycles. The molecule has 1 N–H and O–H groups in total. The number of rotatable bonds is 6. The second-order valence-corrected chi connectivity index (χ2v) is 8.52. The molecule has 0 aliphatic heterocycles. The summed E-state index contributed by atoms with van der Waals surface area (Å²) in [7, 11) is 0. The van der Waals surface area contributed by atoms with Crippen molar-refractivity contribution in [2.45, 2.75) is 38.9 Å². The minimum absolute atomic E-state index is 0.104. The summed E-state index contributed by atoms with van der Waals surface area (Å²) in [4.78, 5) is 21.4. The Morgan fingerprint density at radius 3 is 2.60 bits per heavy atom. The van der Waals surface area contributed by atoms with Gasteiger partial charge >= 0.3 is 0 Å². The Kier molecular flexibility index (Phi) is 5.59. The Balaban J connectivity index is 1.44.